The van der Waals surface area contributed by atoms with Crippen molar-refractivity contribution >= 4 is 0 Å². The van der Waals surface area contributed by atoms with E-state index in [1.165, 1.54) is 19.3 Å². The standard InChI is InChI=1S/C18H24N4O3/c1-12(18-21-20-16-6-4-3-5-7-22(16)18)19-10-13-8-14(23-2)17-15(9-13)24-11-25-17/h8-9,12,19H,3-7,10-11H2,1-2H3/t12-/m0/s1. The van der Waals surface area contributed by atoms with Gasteiger partial charge in [0.2, 0.25) is 12.5 Å². The number of ether oxygens (including phenoxy) is 3. The maximum Gasteiger partial charge on any atom is 0.231 e. The summed E-state index contributed by atoms with van der Waals surface area (Å²) in [6.07, 6.45) is 4.70. The van der Waals surface area contributed by atoms with E-state index in [1.54, 1.807) is 7.11 Å². The summed E-state index contributed by atoms with van der Waals surface area (Å²) in [5.74, 6) is 4.26. The Hall–Kier alpha value is -2.28. The lowest BCUT2D eigenvalue weighted by atomic mass is 10.1. The van der Waals surface area contributed by atoms with Crippen LogP contribution in [0.5, 0.6) is 17.2 Å². The SMILES string of the molecule is COc1cc(CN[C@@H](C)c2nnc3n2CCCCC3)cc2c1OCO2. The van der Waals surface area contributed by atoms with Crippen molar-refractivity contribution in [2.45, 2.75) is 51.7 Å². The third kappa shape index (κ3) is 3.16. The first-order chi connectivity index (χ1) is 12.3. The average Bonchev–Trinajstić information content (AvgIpc) is 3.20. The van der Waals surface area contributed by atoms with Crippen LogP contribution in [0.1, 0.15) is 49.4 Å². The number of aryl methyl sites for hydroxylation is 1. The van der Waals surface area contributed by atoms with Gasteiger partial charge in [-0.25, -0.2) is 0 Å². The lowest BCUT2D eigenvalue weighted by Gasteiger charge is -2.16. The molecule has 3 heterocycles. The van der Waals surface area contributed by atoms with Crippen LogP contribution < -0.4 is 19.5 Å². The molecule has 2 aromatic rings. The highest BCUT2D eigenvalue weighted by Gasteiger charge is 2.22. The monoisotopic (exact) mass is 344 g/mol. The van der Waals surface area contributed by atoms with Crippen LogP contribution in [0.2, 0.25) is 0 Å². The molecule has 4 rings (SSSR count). The molecule has 134 valence electrons. The molecular formula is C18H24N4O3. The lowest BCUT2D eigenvalue weighted by molar-refractivity contribution is 0.171. The predicted octanol–water partition coefficient (Wildman–Crippen LogP) is 2.59. The van der Waals surface area contributed by atoms with Gasteiger partial charge in [0.15, 0.2) is 11.5 Å². The number of fused-ring (bicyclic) bond motifs is 2. The van der Waals surface area contributed by atoms with E-state index in [-0.39, 0.29) is 12.8 Å². The molecule has 1 aromatic heterocycles. The zero-order valence-corrected chi connectivity index (χ0v) is 14.7. The highest BCUT2D eigenvalue weighted by molar-refractivity contribution is 5.55. The van der Waals surface area contributed by atoms with Gasteiger partial charge in [-0.1, -0.05) is 6.42 Å². The smallest absolute Gasteiger partial charge is 0.231 e. The van der Waals surface area contributed by atoms with Crippen LogP contribution >= 0.6 is 0 Å². The zero-order chi connectivity index (χ0) is 17.2. The fourth-order valence-corrected chi connectivity index (χ4v) is 3.48. The Labute approximate surface area is 147 Å². The number of methoxy groups -OCH3 is 1. The van der Waals surface area contributed by atoms with Gasteiger partial charge < -0.3 is 24.1 Å². The van der Waals surface area contributed by atoms with Gasteiger partial charge in [-0.3, -0.25) is 0 Å². The van der Waals surface area contributed by atoms with Gasteiger partial charge in [-0.05, 0) is 37.5 Å². The lowest BCUT2D eigenvalue weighted by Crippen LogP contribution is -2.22. The molecular weight excluding hydrogens is 320 g/mol. The zero-order valence-electron chi connectivity index (χ0n) is 14.7. The van der Waals surface area contributed by atoms with Crippen LogP contribution in [0.3, 0.4) is 0 Å². The van der Waals surface area contributed by atoms with Crippen LogP contribution in [0.15, 0.2) is 12.1 Å². The summed E-state index contributed by atoms with van der Waals surface area (Å²) in [6, 6.07) is 4.10. The van der Waals surface area contributed by atoms with Crippen molar-refractivity contribution in [2.75, 3.05) is 13.9 Å². The van der Waals surface area contributed by atoms with Gasteiger partial charge in [0.1, 0.15) is 11.6 Å². The van der Waals surface area contributed by atoms with Crippen LogP contribution in [0.25, 0.3) is 0 Å². The topological polar surface area (TPSA) is 70.4 Å². The minimum Gasteiger partial charge on any atom is -0.493 e. The third-order valence-electron chi connectivity index (χ3n) is 4.86. The molecule has 0 bridgehead atoms. The summed E-state index contributed by atoms with van der Waals surface area (Å²) in [6.45, 7) is 4.08. The second-order valence-corrected chi connectivity index (χ2v) is 6.57. The van der Waals surface area contributed by atoms with Crippen molar-refractivity contribution in [1.82, 2.24) is 20.1 Å². The molecule has 2 aliphatic heterocycles. The molecule has 25 heavy (non-hydrogen) atoms. The van der Waals surface area contributed by atoms with E-state index in [4.69, 9.17) is 14.2 Å². The molecule has 0 unspecified atom stereocenters. The molecule has 2 aliphatic rings. The van der Waals surface area contributed by atoms with Crippen molar-refractivity contribution in [1.29, 1.82) is 0 Å². The summed E-state index contributed by atoms with van der Waals surface area (Å²) >= 11 is 0. The second-order valence-electron chi connectivity index (χ2n) is 6.57. The predicted molar refractivity (Wildman–Crippen MR) is 91.9 cm³/mol. The Bertz CT molecular complexity index is 759. The Balaban J connectivity index is 1.48. The normalized spacial score (nSPS) is 17.0. The van der Waals surface area contributed by atoms with E-state index in [1.807, 2.05) is 12.1 Å². The molecule has 0 saturated carbocycles. The van der Waals surface area contributed by atoms with Gasteiger partial charge >= 0.3 is 0 Å². The first-order valence-electron chi connectivity index (χ1n) is 8.88. The highest BCUT2D eigenvalue weighted by Crippen LogP contribution is 2.41. The maximum absolute atomic E-state index is 5.49. The van der Waals surface area contributed by atoms with Crippen LogP contribution in [-0.2, 0) is 19.5 Å². The number of nitrogens with zero attached hydrogens (tertiary/aromatic N) is 3. The van der Waals surface area contributed by atoms with Crippen molar-refractivity contribution in [3.8, 4) is 17.2 Å². The quantitative estimate of drug-likeness (QED) is 0.899. The molecule has 1 atom stereocenters. The fourth-order valence-electron chi connectivity index (χ4n) is 3.48. The van der Waals surface area contributed by atoms with Crippen molar-refractivity contribution < 1.29 is 14.2 Å². The van der Waals surface area contributed by atoms with E-state index in [0.717, 1.165) is 35.9 Å². The van der Waals surface area contributed by atoms with Gasteiger partial charge in [-0.2, -0.15) is 0 Å². The largest absolute Gasteiger partial charge is 0.493 e. The third-order valence-corrected chi connectivity index (χ3v) is 4.86. The van der Waals surface area contributed by atoms with Crippen LogP contribution in [-0.4, -0.2) is 28.7 Å². The summed E-state index contributed by atoms with van der Waals surface area (Å²) in [4.78, 5) is 0. The fraction of sp³-hybridized carbons (Fsp3) is 0.556. The van der Waals surface area contributed by atoms with Gasteiger partial charge in [0.25, 0.3) is 0 Å². The Morgan fingerprint density at radius 3 is 3.04 bits per heavy atom. The number of nitrogens with one attached hydrogen (secondary N) is 1. The average molecular weight is 344 g/mol. The number of hydrogen-bond acceptors (Lipinski definition) is 6. The summed E-state index contributed by atoms with van der Waals surface area (Å²) in [7, 11) is 1.64. The van der Waals surface area contributed by atoms with Crippen molar-refractivity contribution in [2.24, 2.45) is 0 Å². The first kappa shape index (κ1) is 16.2. The highest BCUT2D eigenvalue weighted by atomic mass is 16.7. The van der Waals surface area contributed by atoms with Gasteiger partial charge in [0.05, 0.1) is 13.2 Å². The molecule has 0 radical (unpaired) electrons. The number of rotatable bonds is 5. The second kappa shape index (κ2) is 6.92. The van der Waals surface area contributed by atoms with Gasteiger partial charge in [-0.15, -0.1) is 10.2 Å². The van der Waals surface area contributed by atoms with Crippen molar-refractivity contribution in [3.05, 3.63) is 29.3 Å². The van der Waals surface area contributed by atoms with E-state index in [9.17, 15) is 0 Å². The number of hydrogen-bond donors (Lipinski definition) is 1. The number of aromatic nitrogens is 3. The number of benzene rings is 1. The molecule has 0 amide bonds. The van der Waals surface area contributed by atoms with E-state index >= 15 is 0 Å². The minimum atomic E-state index is 0.121. The minimum absolute atomic E-state index is 0.121. The Morgan fingerprint density at radius 1 is 1.24 bits per heavy atom. The molecule has 7 nitrogen and oxygen atoms in total. The molecule has 7 heteroatoms. The Morgan fingerprint density at radius 2 is 2.16 bits per heavy atom. The van der Waals surface area contributed by atoms with E-state index < -0.39 is 0 Å². The summed E-state index contributed by atoms with van der Waals surface area (Å²) in [5, 5.41) is 12.3. The molecule has 0 saturated heterocycles. The molecule has 0 spiro atoms. The molecule has 1 N–H and O–H groups in total. The Kier molecular flexibility index (Phi) is 4.48. The van der Waals surface area contributed by atoms with Crippen molar-refractivity contribution in [3.63, 3.8) is 0 Å². The molecule has 1 aromatic carbocycles. The molecule has 0 fully saturated rings. The summed E-state index contributed by atoms with van der Waals surface area (Å²) < 4.78 is 18.6. The van der Waals surface area contributed by atoms with Crippen LogP contribution in [0, 0.1) is 0 Å². The maximum atomic E-state index is 5.49. The molecule has 0 aliphatic carbocycles. The van der Waals surface area contributed by atoms with Gasteiger partial charge in [0, 0.05) is 19.5 Å². The van der Waals surface area contributed by atoms with E-state index in [2.05, 4.69) is 27.0 Å². The van der Waals surface area contributed by atoms with E-state index in [0.29, 0.717) is 18.0 Å². The first-order valence-corrected chi connectivity index (χ1v) is 8.88. The van der Waals surface area contributed by atoms with Crippen LogP contribution in [0.4, 0.5) is 0 Å². The summed E-state index contributed by atoms with van der Waals surface area (Å²) in [5.41, 5.74) is 1.09.